The van der Waals surface area contributed by atoms with Crippen molar-refractivity contribution in [2.75, 3.05) is 0 Å². The van der Waals surface area contributed by atoms with E-state index in [-0.39, 0.29) is 11.6 Å². The van der Waals surface area contributed by atoms with E-state index < -0.39 is 59.1 Å². The molecule has 0 amide bonds. The minimum atomic E-state index is -4.64. The summed E-state index contributed by atoms with van der Waals surface area (Å²) in [5, 5.41) is 19.9. The minimum absolute atomic E-state index is 0.0674. The Bertz CT molecular complexity index is 1030. The Morgan fingerprint density at radius 3 is 1.57 bits per heavy atom. The third kappa shape index (κ3) is 17.2. The molecule has 0 unspecified atom stereocenters. The fraction of sp³-hybridized carbons (Fsp3) is 0.733. The van der Waals surface area contributed by atoms with Crippen LogP contribution in [-0.4, -0.2) is 82.1 Å². The third-order valence-corrected chi connectivity index (χ3v) is 4.77. The molecule has 1 aromatic heterocycles. The van der Waals surface area contributed by atoms with Crippen molar-refractivity contribution in [3.05, 3.63) is 32.6 Å². The van der Waals surface area contributed by atoms with Crippen LogP contribution in [0.2, 0.25) is 0 Å². The maximum Gasteiger partial charge on any atom is 0.466 e. The fourth-order valence-electron chi connectivity index (χ4n) is 3.44. The van der Waals surface area contributed by atoms with Gasteiger partial charge < -0.3 is 59.0 Å². The zero-order valence-electron chi connectivity index (χ0n) is 19.2. The van der Waals surface area contributed by atoms with Crippen LogP contribution in [0.4, 0.5) is 0 Å². The Morgan fingerprint density at radius 1 is 0.811 bits per heavy atom. The first kappa shape index (κ1) is 35.9. The molecule has 22 heteroatoms. The van der Waals surface area contributed by atoms with Gasteiger partial charge in [-0.05, 0) is 19.8 Å². The van der Waals surface area contributed by atoms with Gasteiger partial charge in [-0.25, -0.2) is 18.5 Å². The second-order valence-electron chi connectivity index (χ2n) is 7.83. The zero-order chi connectivity index (χ0) is 29.4. The molecule has 1 aliphatic carbocycles. The Hall–Kier alpha value is -1.11. The number of H-pyrrole nitrogens is 1. The molecule has 19 nitrogen and oxygen atoms in total. The molecule has 2 aliphatic rings. The first-order valence-electron chi connectivity index (χ1n) is 10.2. The Morgan fingerprint density at radius 2 is 1.22 bits per heavy atom. The summed E-state index contributed by atoms with van der Waals surface area (Å²) in [6.07, 6.45) is 2.89. The van der Waals surface area contributed by atoms with Gasteiger partial charge in [0.05, 0.1) is 11.7 Å². The van der Waals surface area contributed by atoms with Gasteiger partial charge >= 0.3 is 29.2 Å². The average molecular weight is 604 g/mol. The minimum Gasteiger partial charge on any atom is -0.388 e. The quantitative estimate of drug-likeness (QED) is 0.154. The molecule has 0 spiro atoms. The maximum absolute atomic E-state index is 12.1. The molecule has 1 saturated heterocycles. The van der Waals surface area contributed by atoms with Gasteiger partial charge in [-0.1, -0.05) is 19.3 Å². The van der Waals surface area contributed by atoms with Crippen LogP contribution in [0.25, 0.3) is 0 Å². The summed E-state index contributed by atoms with van der Waals surface area (Å²) in [5.41, 5.74) is -0.801. The van der Waals surface area contributed by atoms with Gasteiger partial charge in [0.1, 0.15) is 18.3 Å². The van der Waals surface area contributed by atoms with Crippen LogP contribution < -0.4 is 11.2 Å². The average Bonchev–Trinajstić information content (AvgIpc) is 2.92. The molecule has 1 aromatic rings. The van der Waals surface area contributed by atoms with Gasteiger partial charge in [-0.15, -0.1) is 0 Å². The predicted octanol–water partition coefficient (Wildman–Crippen LogP) is -2.56. The lowest BCUT2D eigenvalue weighted by molar-refractivity contribution is 0.0136. The lowest BCUT2D eigenvalue weighted by Gasteiger charge is -2.24. The van der Waals surface area contributed by atoms with E-state index in [1.54, 1.807) is 11.5 Å². The first-order valence-corrected chi connectivity index (χ1v) is 14.9. The number of nitrogens with zero attached hydrogens (tertiary/aromatic N) is 1. The van der Waals surface area contributed by atoms with Gasteiger partial charge in [-0.3, -0.25) is 14.3 Å². The molecule has 0 bridgehead atoms. The van der Waals surface area contributed by atoms with E-state index in [0.29, 0.717) is 0 Å². The van der Waals surface area contributed by atoms with Crippen LogP contribution in [-0.2, 0) is 18.4 Å². The number of hydrogen-bond donors (Lipinski definition) is 12. The molecule has 12 N–H and O–H groups in total. The highest BCUT2D eigenvalue weighted by atomic mass is 31.2. The molecule has 0 radical (unpaired) electrons. The van der Waals surface area contributed by atoms with E-state index in [1.165, 1.54) is 6.20 Å². The molecule has 218 valence electrons. The summed E-state index contributed by atoms with van der Waals surface area (Å²) in [4.78, 5) is 91.1. The van der Waals surface area contributed by atoms with E-state index >= 15 is 0 Å². The highest BCUT2D eigenvalue weighted by Crippen LogP contribution is 2.33. The number of ether oxygens (including phenoxy) is 1. The largest absolute Gasteiger partial charge is 0.466 e. The molecule has 3 rings (SSSR count). The van der Waals surface area contributed by atoms with Crippen molar-refractivity contribution in [2.24, 2.45) is 0 Å². The Labute approximate surface area is 208 Å². The van der Waals surface area contributed by atoms with Crippen molar-refractivity contribution >= 4 is 23.5 Å². The van der Waals surface area contributed by atoms with Crippen molar-refractivity contribution in [2.45, 2.75) is 69.5 Å². The van der Waals surface area contributed by atoms with Crippen molar-refractivity contribution in [3.8, 4) is 0 Å². The van der Waals surface area contributed by atoms with Crippen LogP contribution in [0.1, 0.15) is 56.7 Å². The zero-order valence-corrected chi connectivity index (χ0v) is 21.8. The summed E-state index contributed by atoms with van der Waals surface area (Å²) >= 11 is 0. The molecule has 4 atom stereocenters. The van der Waals surface area contributed by atoms with Crippen LogP contribution in [0.3, 0.4) is 0 Å². The van der Waals surface area contributed by atoms with Gasteiger partial charge in [0.2, 0.25) is 0 Å². The number of hydrogen-bond acceptors (Lipinski definition) is 8. The highest BCUT2D eigenvalue weighted by Gasteiger charge is 2.42. The lowest BCUT2D eigenvalue weighted by Crippen LogP contribution is -2.37. The number of aromatic nitrogens is 2. The SMILES string of the molecule is C[C@H]1O[C@@H](c2cn(C3CCCCC3)c(=O)[nH]c2=O)[C@H](O)[C@@H]1O.O=P(O)(O)O.O=P(O)(O)O.O=P(O)(O)O. The monoisotopic (exact) mass is 604 g/mol. The van der Waals surface area contributed by atoms with Crippen LogP contribution in [0, 0.1) is 0 Å². The molecule has 1 aliphatic heterocycles. The Kier molecular flexibility index (Phi) is 14.4. The molecule has 1 saturated carbocycles. The van der Waals surface area contributed by atoms with E-state index in [4.69, 9.17) is 62.5 Å². The molecule has 37 heavy (non-hydrogen) atoms. The molecule has 0 aromatic carbocycles. The Balaban J connectivity index is 0.000000711. The lowest BCUT2D eigenvalue weighted by atomic mass is 9.95. The number of aliphatic hydroxyl groups excluding tert-OH is 2. The van der Waals surface area contributed by atoms with Gasteiger partial charge in [0.15, 0.2) is 0 Å². The first-order chi connectivity index (χ1) is 16.5. The van der Waals surface area contributed by atoms with Crippen molar-refractivity contribution < 1.29 is 72.7 Å². The number of rotatable bonds is 2. The van der Waals surface area contributed by atoms with E-state index in [2.05, 4.69) is 4.98 Å². The molecule has 2 fully saturated rings. The topological polar surface area (TPSA) is 338 Å². The summed E-state index contributed by atoms with van der Waals surface area (Å²) in [6, 6.07) is 0.0674. The van der Waals surface area contributed by atoms with E-state index in [1.807, 2.05) is 0 Å². The second-order valence-corrected chi connectivity index (χ2v) is 10.9. The van der Waals surface area contributed by atoms with Gasteiger partial charge in [0.25, 0.3) is 5.56 Å². The molecule has 2 heterocycles. The van der Waals surface area contributed by atoms with Gasteiger partial charge in [0, 0.05) is 12.2 Å². The number of aliphatic hydroxyl groups is 2. The van der Waals surface area contributed by atoms with Crippen molar-refractivity contribution in [1.29, 1.82) is 0 Å². The van der Waals surface area contributed by atoms with Crippen LogP contribution in [0.15, 0.2) is 15.8 Å². The summed E-state index contributed by atoms with van der Waals surface area (Å²) in [6.45, 7) is 1.64. The highest BCUT2D eigenvalue weighted by molar-refractivity contribution is 7.45. The summed E-state index contributed by atoms with van der Waals surface area (Å²) in [5.74, 6) is 0. The smallest absolute Gasteiger partial charge is 0.388 e. The van der Waals surface area contributed by atoms with Crippen LogP contribution in [0.5, 0.6) is 0 Å². The van der Waals surface area contributed by atoms with Gasteiger partial charge in [-0.2, -0.15) is 0 Å². The maximum atomic E-state index is 12.1. The van der Waals surface area contributed by atoms with Crippen molar-refractivity contribution in [1.82, 2.24) is 9.55 Å². The molecular weight excluding hydrogens is 573 g/mol. The number of phosphoric acid groups is 3. The normalized spacial score (nSPS) is 24.5. The molecular formula is C15H31N2O17P3. The number of aromatic amines is 1. The van der Waals surface area contributed by atoms with Crippen molar-refractivity contribution in [3.63, 3.8) is 0 Å². The number of nitrogens with one attached hydrogen (secondary N) is 1. The summed E-state index contributed by atoms with van der Waals surface area (Å²) < 4.78 is 33.7. The standard InChI is InChI=1S/C15H22N2O5.3H3O4P/c1-8-11(18)12(19)13(22-8)10-7-17(15(21)16-14(10)20)9-5-3-2-4-6-9;3*1-5(2,3)4/h7-9,11-13,18-19H,2-6H2,1H3,(H,16,20,21);3*(H3,1,2,3,4)/t8-,11-,12-,13+;;;/m1.../s1. The fourth-order valence-corrected chi connectivity index (χ4v) is 3.44. The van der Waals surface area contributed by atoms with E-state index in [0.717, 1.165) is 32.1 Å². The third-order valence-electron chi connectivity index (χ3n) is 4.77. The predicted molar refractivity (Wildman–Crippen MR) is 122 cm³/mol. The van der Waals surface area contributed by atoms with Crippen LogP contribution >= 0.6 is 23.5 Å². The second kappa shape index (κ2) is 14.9. The summed E-state index contributed by atoms with van der Waals surface area (Å²) in [7, 11) is -13.9. The van der Waals surface area contributed by atoms with E-state index in [9.17, 15) is 19.8 Å².